The van der Waals surface area contributed by atoms with Gasteiger partial charge in [-0.15, -0.1) is 0 Å². The summed E-state index contributed by atoms with van der Waals surface area (Å²) < 4.78 is 7.31. The van der Waals surface area contributed by atoms with E-state index in [1.165, 1.54) is 0 Å². The smallest absolute Gasteiger partial charge is 0.254 e. The summed E-state index contributed by atoms with van der Waals surface area (Å²) in [4.78, 5) is 19.3. The Labute approximate surface area is 136 Å². The van der Waals surface area contributed by atoms with Crippen LogP contribution in [0.5, 0.6) is 5.75 Å². The highest BCUT2D eigenvalue weighted by Gasteiger charge is 2.31. The summed E-state index contributed by atoms with van der Waals surface area (Å²) in [7, 11) is 3.58. The summed E-state index contributed by atoms with van der Waals surface area (Å²) in [6.45, 7) is 4.12. The maximum atomic E-state index is 13.0. The highest BCUT2D eigenvalue weighted by molar-refractivity contribution is 5.95. The van der Waals surface area contributed by atoms with Crippen molar-refractivity contribution in [2.24, 2.45) is 7.05 Å². The molecule has 1 aromatic heterocycles. The van der Waals surface area contributed by atoms with Crippen LogP contribution in [-0.2, 0) is 7.05 Å². The third kappa shape index (κ3) is 2.94. The number of aryl methyl sites for hydroxylation is 2. The van der Waals surface area contributed by atoms with E-state index in [0.29, 0.717) is 18.7 Å². The number of nitrogens with one attached hydrogen (secondary N) is 1. The van der Waals surface area contributed by atoms with E-state index in [-0.39, 0.29) is 11.9 Å². The molecule has 2 heterocycles. The van der Waals surface area contributed by atoms with Crippen molar-refractivity contribution in [2.75, 3.05) is 26.7 Å². The van der Waals surface area contributed by atoms with Gasteiger partial charge in [0.05, 0.1) is 7.11 Å². The number of piperazine rings is 1. The summed E-state index contributed by atoms with van der Waals surface area (Å²) in [6, 6.07) is 5.53. The Bertz CT molecular complexity index is 710. The van der Waals surface area contributed by atoms with Crippen molar-refractivity contribution in [3.05, 3.63) is 47.5 Å². The molecule has 0 saturated carbocycles. The molecule has 1 unspecified atom stereocenters. The molecule has 1 aromatic carbocycles. The Balaban J connectivity index is 1.91. The lowest BCUT2D eigenvalue weighted by Gasteiger charge is -2.35. The second kappa shape index (κ2) is 6.42. The third-order valence-electron chi connectivity index (χ3n) is 4.32. The van der Waals surface area contributed by atoms with Crippen LogP contribution in [-0.4, -0.2) is 47.1 Å². The van der Waals surface area contributed by atoms with Gasteiger partial charge in [-0.3, -0.25) is 4.79 Å². The summed E-state index contributed by atoms with van der Waals surface area (Å²) in [5.41, 5.74) is 1.67. The number of carbonyl (C=O) groups excluding carboxylic acids is 1. The molecular weight excluding hydrogens is 292 g/mol. The fraction of sp³-hybridized carbons (Fsp3) is 0.412. The Kier molecular flexibility index (Phi) is 4.34. The predicted octanol–water partition coefficient (Wildman–Crippen LogP) is 1.52. The number of amides is 1. The monoisotopic (exact) mass is 314 g/mol. The van der Waals surface area contributed by atoms with Gasteiger partial charge < -0.3 is 19.5 Å². The van der Waals surface area contributed by atoms with E-state index in [9.17, 15) is 4.79 Å². The van der Waals surface area contributed by atoms with Gasteiger partial charge in [0, 0.05) is 44.6 Å². The number of aromatic nitrogens is 2. The molecule has 1 atom stereocenters. The van der Waals surface area contributed by atoms with E-state index in [1.54, 1.807) is 13.3 Å². The maximum Gasteiger partial charge on any atom is 0.254 e. The van der Waals surface area contributed by atoms with Gasteiger partial charge in [0.15, 0.2) is 0 Å². The number of nitrogens with zero attached hydrogens (tertiary/aromatic N) is 3. The molecule has 1 saturated heterocycles. The number of methoxy groups -OCH3 is 1. The first-order chi connectivity index (χ1) is 11.1. The second-order valence-electron chi connectivity index (χ2n) is 5.80. The van der Waals surface area contributed by atoms with E-state index in [1.807, 2.05) is 47.8 Å². The van der Waals surface area contributed by atoms with Crippen LogP contribution in [0.2, 0.25) is 0 Å². The van der Waals surface area contributed by atoms with Gasteiger partial charge in [-0.1, -0.05) is 6.07 Å². The van der Waals surface area contributed by atoms with Gasteiger partial charge in [0.2, 0.25) is 0 Å². The largest absolute Gasteiger partial charge is 0.496 e. The molecular formula is C17H22N4O2. The zero-order chi connectivity index (χ0) is 16.4. The van der Waals surface area contributed by atoms with Gasteiger partial charge in [0.25, 0.3) is 5.91 Å². The number of hydrogen-bond donors (Lipinski definition) is 1. The molecule has 1 amide bonds. The standard InChI is InChI=1S/C17H22N4O2/c1-12-4-5-13(10-15(12)23-3)17(22)21-9-6-18-11-14(21)16-19-7-8-20(16)2/h4-5,7-8,10,14,18H,6,9,11H2,1-3H3. The molecule has 1 N–H and O–H groups in total. The van der Waals surface area contributed by atoms with Crippen molar-refractivity contribution in [3.63, 3.8) is 0 Å². The molecule has 1 fully saturated rings. The maximum absolute atomic E-state index is 13.0. The SMILES string of the molecule is COc1cc(C(=O)N2CCNCC2c2nccn2C)ccc1C. The average Bonchev–Trinajstić information content (AvgIpc) is 3.00. The molecule has 0 bridgehead atoms. The molecule has 122 valence electrons. The van der Waals surface area contributed by atoms with Crippen molar-refractivity contribution in [3.8, 4) is 5.75 Å². The minimum Gasteiger partial charge on any atom is -0.496 e. The second-order valence-corrected chi connectivity index (χ2v) is 5.80. The molecule has 3 rings (SSSR count). The third-order valence-corrected chi connectivity index (χ3v) is 4.32. The van der Waals surface area contributed by atoms with Crippen LogP contribution < -0.4 is 10.1 Å². The summed E-state index contributed by atoms with van der Waals surface area (Å²) in [5, 5.41) is 3.35. The van der Waals surface area contributed by atoms with Crippen molar-refractivity contribution in [1.29, 1.82) is 0 Å². The number of hydrogen-bond acceptors (Lipinski definition) is 4. The highest BCUT2D eigenvalue weighted by Crippen LogP contribution is 2.25. The molecule has 1 aliphatic heterocycles. The van der Waals surface area contributed by atoms with E-state index >= 15 is 0 Å². The lowest BCUT2D eigenvalue weighted by Crippen LogP contribution is -2.49. The van der Waals surface area contributed by atoms with Gasteiger partial charge in [0.1, 0.15) is 17.6 Å². The summed E-state index contributed by atoms with van der Waals surface area (Å²) in [6.07, 6.45) is 3.67. The topological polar surface area (TPSA) is 59.4 Å². The van der Waals surface area contributed by atoms with Crippen molar-refractivity contribution < 1.29 is 9.53 Å². The normalized spacial score (nSPS) is 18.0. The number of benzene rings is 1. The van der Waals surface area contributed by atoms with Crippen molar-refractivity contribution in [2.45, 2.75) is 13.0 Å². The molecule has 6 nitrogen and oxygen atoms in total. The minimum atomic E-state index is -0.0662. The first kappa shape index (κ1) is 15.6. The van der Waals surface area contributed by atoms with Crippen LogP contribution in [0, 0.1) is 6.92 Å². The van der Waals surface area contributed by atoms with E-state index < -0.39 is 0 Å². The van der Waals surface area contributed by atoms with Crippen molar-refractivity contribution >= 4 is 5.91 Å². The molecule has 6 heteroatoms. The predicted molar refractivity (Wildman–Crippen MR) is 87.6 cm³/mol. The zero-order valence-electron chi connectivity index (χ0n) is 13.7. The Morgan fingerprint density at radius 2 is 2.26 bits per heavy atom. The molecule has 23 heavy (non-hydrogen) atoms. The summed E-state index contributed by atoms with van der Waals surface area (Å²) in [5.74, 6) is 1.64. The molecule has 0 spiro atoms. The highest BCUT2D eigenvalue weighted by atomic mass is 16.5. The Hall–Kier alpha value is -2.34. The van der Waals surface area contributed by atoms with Crippen LogP contribution in [0.4, 0.5) is 0 Å². The molecule has 1 aliphatic rings. The average molecular weight is 314 g/mol. The number of carbonyl (C=O) groups is 1. The number of imidazole rings is 1. The Morgan fingerprint density at radius 3 is 2.96 bits per heavy atom. The van der Waals surface area contributed by atoms with E-state index in [0.717, 1.165) is 23.7 Å². The van der Waals surface area contributed by atoms with Gasteiger partial charge in [-0.2, -0.15) is 0 Å². The number of ether oxygens (including phenoxy) is 1. The van der Waals surface area contributed by atoms with Crippen LogP contribution >= 0.6 is 0 Å². The molecule has 0 aliphatic carbocycles. The van der Waals surface area contributed by atoms with E-state index in [2.05, 4.69) is 10.3 Å². The fourth-order valence-electron chi connectivity index (χ4n) is 3.00. The molecule has 2 aromatic rings. The Morgan fingerprint density at radius 1 is 1.43 bits per heavy atom. The number of rotatable bonds is 3. The van der Waals surface area contributed by atoms with Crippen molar-refractivity contribution in [1.82, 2.24) is 19.8 Å². The van der Waals surface area contributed by atoms with E-state index in [4.69, 9.17) is 4.74 Å². The first-order valence-corrected chi connectivity index (χ1v) is 7.75. The van der Waals surface area contributed by atoms with Gasteiger partial charge in [-0.25, -0.2) is 4.98 Å². The van der Waals surface area contributed by atoms with Crippen LogP contribution in [0.3, 0.4) is 0 Å². The first-order valence-electron chi connectivity index (χ1n) is 7.75. The minimum absolute atomic E-state index is 0.0119. The van der Waals surface area contributed by atoms with Gasteiger partial charge >= 0.3 is 0 Å². The van der Waals surface area contributed by atoms with Gasteiger partial charge in [-0.05, 0) is 24.6 Å². The fourth-order valence-corrected chi connectivity index (χ4v) is 3.00. The quantitative estimate of drug-likeness (QED) is 0.933. The lowest BCUT2D eigenvalue weighted by atomic mass is 10.1. The molecule has 0 radical (unpaired) electrons. The zero-order valence-corrected chi connectivity index (χ0v) is 13.7. The van der Waals surface area contributed by atoms with Crippen LogP contribution in [0.1, 0.15) is 27.8 Å². The summed E-state index contributed by atoms with van der Waals surface area (Å²) >= 11 is 0. The van der Waals surface area contributed by atoms with Crippen LogP contribution in [0.25, 0.3) is 0 Å². The van der Waals surface area contributed by atoms with Crippen LogP contribution in [0.15, 0.2) is 30.6 Å². The lowest BCUT2D eigenvalue weighted by molar-refractivity contribution is 0.0620.